The average Bonchev–Trinajstić information content (AvgIpc) is 2.99. The highest BCUT2D eigenvalue weighted by Crippen LogP contribution is 2.36. The topological polar surface area (TPSA) is 57.6 Å². The summed E-state index contributed by atoms with van der Waals surface area (Å²) in [6.45, 7) is 0. The van der Waals surface area contributed by atoms with E-state index in [0.717, 1.165) is 21.5 Å². The third kappa shape index (κ3) is 2.35. The molecule has 1 aromatic heterocycles. The molecule has 2 amide bonds. The predicted octanol–water partition coefficient (Wildman–Crippen LogP) is 3.69. The zero-order valence-corrected chi connectivity index (χ0v) is 11.8. The number of benzene rings is 1. The summed E-state index contributed by atoms with van der Waals surface area (Å²) in [7, 11) is 0. The minimum atomic E-state index is -0.362. The number of thioether (sulfide) groups is 1. The quantitative estimate of drug-likeness (QED) is 0.860. The Morgan fingerprint density at radius 3 is 2.70 bits per heavy atom. The van der Waals surface area contributed by atoms with Crippen LogP contribution in [0.5, 0.6) is 5.75 Å². The van der Waals surface area contributed by atoms with Crippen LogP contribution in [-0.2, 0) is 4.79 Å². The molecule has 3 rings (SSSR count). The number of thiophene rings is 1. The first kappa shape index (κ1) is 13.0. The van der Waals surface area contributed by atoms with Gasteiger partial charge in [-0.15, -0.1) is 11.3 Å². The summed E-state index contributed by atoms with van der Waals surface area (Å²) in [5, 5.41) is 11.0. The van der Waals surface area contributed by atoms with Gasteiger partial charge in [-0.2, -0.15) is 0 Å². The lowest BCUT2D eigenvalue weighted by atomic mass is 10.2. The average molecular weight is 303 g/mol. The van der Waals surface area contributed by atoms with E-state index in [1.165, 1.54) is 23.5 Å². The van der Waals surface area contributed by atoms with Gasteiger partial charge in [0.1, 0.15) is 5.75 Å². The second kappa shape index (κ2) is 5.15. The van der Waals surface area contributed by atoms with Crippen LogP contribution in [-0.4, -0.2) is 16.3 Å². The van der Waals surface area contributed by atoms with Crippen LogP contribution in [0.3, 0.4) is 0 Å². The third-order valence-electron chi connectivity index (χ3n) is 2.70. The van der Waals surface area contributed by atoms with Gasteiger partial charge < -0.3 is 5.11 Å². The van der Waals surface area contributed by atoms with Gasteiger partial charge in [0.05, 0.1) is 10.6 Å². The summed E-state index contributed by atoms with van der Waals surface area (Å²) < 4.78 is 0. The molecule has 1 N–H and O–H groups in total. The minimum Gasteiger partial charge on any atom is -0.508 e. The standard InChI is InChI=1S/C14H9NO3S2/c16-10-4-1-3-9(7-10)15-13(17)12(20-14(15)18)8-11-5-2-6-19-11/h1-8,16H. The number of carbonyl (C=O) groups is 2. The van der Waals surface area contributed by atoms with Gasteiger partial charge in [0.2, 0.25) is 0 Å². The third-order valence-corrected chi connectivity index (χ3v) is 4.39. The molecule has 1 aliphatic rings. The van der Waals surface area contributed by atoms with Crippen molar-refractivity contribution < 1.29 is 14.7 Å². The molecular weight excluding hydrogens is 294 g/mol. The number of phenols is 1. The fraction of sp³-hybridized carbons (Fsp3) is 0. The number of hydrogen-bond donors (Lipinski definition) is 1. The van der Waals surface area contributed by atoms with Gasteiger partial charge in [0.15, 0.2) is 0 Å². The lowest BCUT2D eigenvalue weighted by Crippen LogP contribution is -2.27. The molecule has 0 atom stereocenters. The van der Waals surface area contributed by atoms with Crippen LogP contribution < -0.4 is 4.90 Å². The van der Waals surface area contributed by atoms with E-state index in [1.807, 2.05) is 17.5 Å². The Kier molecular flexibility index (Phi) is 3.33. The minimum absolute atomic E-state index is 0.0174. The Morgan fingerprint density at radius 2 is 2.00 bits per heavy atom. The molecule has 1 fully saturated rings. The maximum atomic E-state index is 12.3. The Morgan fingerprint density at radius 1 is 1.15 bits per heavy atom. The van der Waals surface area contributed by atoms with Gasteiger partial charge in [-0.3, -0.25) is 9.59 Å². The summed E-state index contributed by atoms with van der Waals surface area (Å²) in [5.41, 5.74) is 0.377. The van der Waals surface area contributed by atoms with E-state index in [0.29, 0.717) is 10.6 Å². The maximum Gasteiger partial charge on any atom is 0.298 e. The first-order valence-corrected chi connectivity index (χ1v) is 7.45. The van der Waals surface area contributed by atoms with Crippen molar-refractivity contribution in [2.75, 3.05) is 4.90 Å². The number of aromatic hydroxyl groups is 1. The van der Waals surface area contributed by atoms with Crippen LogP contribution in [0.4, 0.5) is 10.5 Å². The number of carbonyl (C=O) groups excluding carboxylic acids is 2. The largest absolute Gasteiger partial charge is 0.508 e. The zero-order chi connectivity index (χ0) is 14.1. The molecule has 1 aliphatic heterocycles. The van der Waals surface area contributed by atoms with Crippen molar-refractivity contribution in [3.8, 4) is 5.75 Å². The summed E-state index contributed by atoms with van der Waals surface area (Å²) in [6, 6.07) is 9.86. The van der Waals surface area contributed by atoms with Crippen LogP contribution in [0, 0.1) is 0 Å². The van der Waals surface area contributed by atoms with E-state index in [1.54, 1.807) is 18.2 Å². The monoisotopic (exact) mass is 303 g/mol. The normalized spacial score (nSPS) is 17.2. The number of anilines is 1. The smallest absolute Gasteiger partial charge is 0.298 e. The Balaban J connectivity index is 1.95. The maximum absolute atomic E-state index is 12.3. The van der Waals surface area contributed by atoms with Gasteiger partial charge in [0, 0.05) is 10.9 Å². The fourth-order valence-corrected chi connectivity index (χ4v) is 3.39. The van der Waals surface area contributed by atoms with Crippen LogP contribution in [0.2, 0.25) is 0 Å². The molecule has 6 heteroatoms. The van der Waals surface area contributed by atoms with Crippen molar-refractivity contribution in [1.29, 1.82) is 0 Å². The Bertz CT molecular complexity index is 707. The number of imide groups is 1. The molecule has 2 heterocycles. The predicted molar refractivity (Wildman–Crippen MR) is 80.9 cm³/mol. The van der Waals surface area contributed by atoms with E-state index in [2.05, 4.69) is 0 Å². The number of nitrogens with zero attached hydrogens (tertiary/aromatic N) is 1. The molecule has 1 aromatic carbocycles. The molecule has 0 bridgehead atoms. The molecule has 1 saturated heterocycles. The zero-order valence-electron chi connectivity index (χ0n) is 10.1. The van der Waals surface area contributed by atoms with Crippen molar-refractivity contribution in [3.63, 3.8) is 0 Å². The van der Waals surface area contributed by atoms with Gasteiger partial charge in [-0.05, 0) is 41.4 Å². The molecule has 20 heavy (non-hydrogen) atoms. The molecule has 2 aromatic rings. The van der Waals surface area contributed by atoms with Crippen molar-refractivity contribution in [1.82, 2.24) is 0 Å². The number of hydrogen-bond acceptors (Lipinski definition) is 5. The van der Waals surface area contributed by atoms with Gasteiger partial charge in [-0.25, -0.2) is 4.90 Å². The van der Waals surface area contributed by atoms with Crippen molar-refractivity contribution >= 4 is 46.0 Å². The van der Waals surface area contributed by atoms with Crippen LogP contribution in [0.15, 0.2) is 46.7 Å². The lowest BCUT2D eigenvalue weighted by Gasteiger charge is -2.12. The SMILES string of the molecule is O=C1SC(=Cc2cccs2)C(=O)N1c1cccc(O)c1. The van der Waals surface area contributed by atoms with Gasteiger partial charge in [0.25, 0.3) is 11.1 Å². The molecule has 100 valence electrons. The van der Waals surface area contributed by atoms with E-state index in [-0.39, 0.29) is 16.9 Å². The van der Waals surface area contributed by atoms with Crippen LogP contribution in [0.25, 0.3) is 6.08 Å². The first-order valence-electron chi connectivity index (χ1n) is 5.75. The summed E-state index contributed by atoms with van der Waals surface area (Å²) in [4.78, 5) is 26.7. The Labute approximate surface area is 123 Å². The Hall–Kier alpha value is -2.05. The number of amides is 2. The fourth-order valence-electron chi connectivity index (χ4n) is 1.83. The highest BCUT2D eigenvalue weighted by molar-refractivity contribution is 8.19. The highest BCUT2D eigenvalue weighted by Gasteiger charge is 2.36. The molecule has 0 saturated carbocycles. The molecular formula is C14H9NO3S2. The molecule has 4 nitrogen and oxygen atoms in total. The van der Waals surface area contributed by atoms with E-state index in [9.17, 15) is 14.7 Å². The summed E-state index contributed by atoms with van der Waals surface area (Å²) in [5.74, 6) is -0.345. The van der Waals surface area contributed by atoms with E-state index in [4.69, 9.17) is 0 Å². The van der Waals surface area contributed by atoms with E-state index < -0.39 is 0 Å². The van der Waals surface area contributed by atoms with Crippen LogP contribution >= 0.6 is 23.1 Å². The molecule has 0 radical (unpaired) electrons. The van der Waals surface area contributed by atoms with Crippen LogP contribution in [0.1, 0.15) is 4.88 Å². The number of phenolic OH excluding ortho intramolecular Hbond substituents is 1. The van der Waals surface area contributed by atoms with Gasteiger partial charge >= 0.3 is 0 Å². The first-order chi connectivity index (χ1) is 9.65. The van der Waals surface area contributed by atoms with Gasteiger partial charge in [-0.1, -0.05) is 12.1 Å². The number of rotatable bonds is 2. The second-order valence-corrected chi connectivity index (χ2v) is 6.02. The molecule has 0 spiro atoms. The summed E-state index contributed by atoms with van der Waals surface area (Å²) >= 11 is 2.41. The second-order valence-electron chi connectivity index (χ2n) is 4.05. The van der Waals surface area contributed by atoms with Crippen molar-refractivity contribution in [2.45, 2.75) is 0 Å². The highest BCUT2D eigenvalue weighted by atomic mass is 32.2. The lowest BCUT2D eigenvalue weighted by molar-refractivity contribution is -0.113. The molecule has 0 unspecified atom stereocenters. The summed E-state index contributed by atoms with van der Waals surface area (Å²) in [6.07, 6.45) is 1.71. The van der Waals surface area contributed by atoms with Crippen molar-refractivity contribution in [3.05, 3.63) is 51.6 Å². The molecule has 0 aliphatic carbocycles. The van der Waals surface area contributed by atoms with Crippen molar-refractivity contribution in [2.24, 2.45) is 0 Å². The van der Waals surface area contributed by atoms with E-state index >= 15 is 0 Å².